The van der Waals surface area contributed by atoms with E-state index >= 15 is 0 Å². The summed E-state index contributed by atoms with van der Waals surface area (Å²) in [5.74, 6) is 1.02. The average Bonchev–Trinajstić information content (AvgIpc) is 3.02. The Hall–Kier alpha value is -0.120. The van der Waals surface area contributed by atoms with Gasteiger partial charge in [-0.05, 0) is 39.3 Å². The molecule has 1 saturated carbocycles. The monoisotopic (exact) mass is 215 g/mol. The van der Waals surface area contributed by atoms with Gasteiger partial charge in [0, 0.05) is 19.6 Å². The molecule has 0 atom stereocenters. The summed E-state index contributed by atoms with van der Waals surface area (Å²) in [6, 6.07) is 0. The molecule has 0 radical (unpaired) electrons. The highest BCUT2D eigenvalue weighted by Crippen LogP contribution is 2.31. The molecule has 1 aliphatic carbocycles. The lowest BCUT2D eigenvalue weighted by Gasteiger charge is -2.16. The molecule has 0 unspecified atom stereocenters. The van der Waals surface area contributed by atoms with Crippen molar-refractivity contribution in [1.82, 2.24) is 5.32 Å². The van der Waals surface area contributed by atoms with Crippen molar-refractivity contribution in [2.24, 2.45) is 5.92 Å². The predicted octanol–water partition coefficient (Wildman–Crippen LogP) is 2.17. The standard InChI is InChI=1S/C12H25NO2/c1-3-14-12(15-4-2)8-10-13-9-7-11-5-6-11/h11-13H,3-10H2,1-2H3. The van der Waals surface area contributed by atoms with Crippen LogP contribution in [-0.4, -0.2) is 32.6 Å². The number of nitrogens with one attached hydrogen (secondary N) is 1. The maximum absolute atomic E-state index is 5.46. The molecule has 90 valence electrons. The Kier molecular flexibility index (Phi) is 6.98. The Balaban J connectivity index is 1.89. The highest BCUT2D eigenvalue weighted by Gasteiger charge is 2.19. The Morgan fingerprint density at radius 2 is 1.80 bits per heavy atom. The Bertz CT molecular complexity index is 143. The molecule has 1 aliphatic rings. The first-order valence-electron chi connectivity index (χ1n) is 6.30. The predicted molar refractivity (Wildman–Crippen MR) is 61.9 cm³/mol. The number of hydrogen-bond donors (Lipinski definition) is 1. The molecule has 15 heavy (non-hydrogen) atoms. The van der Waals surface area contributed by atoms with Gasteiger partial charge in [0.25, 0.3) is 0 Å². The van der Waals surface area contributed by atoms with Crippen LogP contribution in [-0.2, 0) is 9.47 Å². The van der Waals surface area contributed by atoms with Crippen molar-refractivity contribution in [2.75, 3.05) is 26.3 Å². The van der Waals surface area contributed by atoms with Crippen LogP contribution in [0.2, 0.25) is 0 Å². The summed E-state index contributed by atoms with van der Waals surface area (Å²) in [5, 5.41) is 3.44. The van der Waals surface area contributed by atoms with E-state index in [0.717, 1.165) is 38.6 Å². The van der Waals surface area contributed by atoms with Crippen molar-refractivity contribution in [3.05, 3.63) is 0 Å². The van der Waals surface area contributed by atoms with Crippen LogP contribution in [0.3, 0.4) is 0 Å². The zero-order valence-electron chi connectivity index (χ0n) is 10.1. The first kappa shape index (κ1) is 12.9. The Morgan fingerprint density at radius 1 is 1.13 bits per heavy atom. The SMILES string of the molecule is CCOC(CCNCCC1CC1)OCC. The molecule has 0 aromatic rings. The van der Waals surface area contributed by atoms with E-state index in [0.29, 0.717) is 0 Å². The minimum Gasteiger partial charge on any atom is -0.353 e. The fraction of sp³-hybridized carbons (Fsp3) is 1.00. The molecule has 0 aromatic heterocycles. The van der Waals surface area contributed by atoms with Crippen molar-refractivity contribution in [2.45, 2.75) is 45.8 Å². The summed E-state index contributed by atoms with van der Waals surface area (Å²) in [6.07, 6.45) is 5.17. The maximum atomic E-state index is 5.46. The number of ether oxygens (including phenoxy) is 2. The molecule has 0 aliphatic heterocycles. The second kappa shape index (κ2) is 8.08. The maximum Gasteiger partial charge on any atom is 0.158 e. The van der Waals surface area contributed by atoms with Crippen molar-refractivity contribution in [1.29, 1.82) is 0 Å². The van der Waals surface area contributed by atoms with E-state index in [2.05, 4.69) is 5.32 Å². The van der Waals surface area contributed by atoms with Crippen molar-refractivity contribution in [3.63, 3.8) is 0 Å². The first-order chi connectivity index (χ1) is 7.36. The number of rotatable bonds is 10. The summed E-state index contributed by atoms with van der Waals surface area (Å²) in [6.45, 7) is 7.62. The highest BCUT2D eigenvalue weighted by molar-refractivity contribution is 4.73. The third-order valence-electron chi connectivity index (χ3n) is 2.69. The molecule has 0 heterocycles. The van der Waals surface area contributed by atoms with Crippen LogP contribution in [0.1, 0.15) is 39.5 Å². The average molecular weight is 215 g/mol. The second-order valence-electron chi connectivity index (χ2n) is 4.11. The van der Waals surface area contributed by atoms with Crippen LogP contribution in [0.15, 0.2) is 0 Å². The van der Waals surface area contributed by atoms with Gasteiger partial charge in [0.15, 0.2) is 6.29 Å². The van der Waals surface area contributed by atoms with E-state index in [1.54, 1.807) is 0 Å². The summed E-state index contributed by atoms with van der Waals surface area (Å²) in [5.41, 5.74) is 0. The van der Waals surface area contributed by atoms with Gasteiger partial charge >= 0.3 is 0 Å². The molecule has 0 amide bonds. The van der Waals surface area contributed by atoms with Gasteiger partial charge in [0.2, 0.25) is 0 Å². The van der Waals surface area contributed by atoms with Crippen LogP contribution in [0.4, 0.5) is 0 Å². The summed E-state index contributed by atoms with van der Waals surface area (Å²) >= 11 is 0. The van der Waals surface area contributed by atoms with Crippen molar-refractivity contribution >= 4 is 0 Å². The summed E-state index contributed by atoms with van der Waals surface area (Å²) in [4.78, 5) is 0. The fourth-order valence-electron chi connectivity index (χ4n) is 1.64. The molecule has 1 fully saturated rings. The fourth-order valence-corrected chi connectivity index (χ4v) is 1.64. The van der Waals surface area contributed by atoms with Gasteiger partial charge in [-0.2, -0.15) is 0 Å². The topological polar surface area (TPSA) is 30.5 Å². The lowest BCUT2D eigenvalue weighted by atomic mass is 10.3. The molecular formula is C12H25NO2. The van der Waals surface area contributed by atoms with Crippen LogP contribution >= 0.6 is 0 Å². The first-order valence-corrected chi connectivity index (χ1v) is 6.30. The van der Waals surface area contributed by atoms with E-state index in [1.165, 1.54) is 19.3 Å². The lowest BCUT2D eigenvalue weighted by molar-refractivity contribution is -0.138. The largest absolute Gasteiger partial charge is 0.353 e. The minimum atomic E-state index is -0.0200. The van der Waals surface area contributed by atoms with E-state index in [4.69, 9.17) is 9.47 Å². The Morgan fingerprint density at radius 3 is 2.33 bits per heavy atom. The van der Waals surface area contributed by atoms with Crippen LogP contribution in [0, 0.1) is 5.92 Å². The number of hydrogen-bond acceptors (Lipinski definition) is 3. The van der Waals surface area contributed by atoms with E-state index in [-0.39, 0.29) is 6.29 Å². The summed E-state index contributed by atoms with van der Waals surface area (Å²) < 4.78 is 10.9. The molecule has 3 heteroatoms. The van der Waals surface area contributed by atoms with Gasteiger partial charge in [0.05, 0.1) is 0 Å². The molecule has 0 saturated heterocycles. The van der Waals surface area contributed by atoms with Crippen LogP contribution in [0.5, 0.6) is 0 Å². The van der Waals surface area contributed by atoms with E-state index < -0.39 is 0 Å². The van der Waals surface area contributed by atoms with Gasteiger partial charge in [-0.3, -0.25) is 0 Å². The Labute approximate surface area is 93.5 Å². The quantitative estimate of drug-likeness (QED) is 0.447. The third kappa shape index (κ3) is 6.88. The molecule has 1 rings (SSSR count). The molecule has 0 bridgehead atoms. The van der Waals surface area contributed by atoms with Gasteiger partial charge < -0.3 is 14.8 Å². The third-order valence-corrected chi connectivity index (χ3v) is 2.69. The van der Waals surface area contributed by atoms with Gasteiger partial charge in [-0.1, -0.05) is 12.8 Å². The normalized spacial score (nSPS) is 16.2. The lowest BCUT2D eigenvalue weighted by Crippen LogP contribution is -2.25. The van der Waals surface area contributed by atoms with Crippen LogP contribution < -0.4 is 5.32 Å². The van der Waals surface area contributed by atoms with Crippen molar-refractivity contribution in [3.8, 4) is 0 Å². The zero-order valence-corrected chi connectivity index (χ0v) is 10.1. The van der Waals surface area contributed by atoms with Gasteiger partial charge in [0.1, 0.15) is 0 Å². The van der Waals surface area contributed by atoms with E-state index in [1.807, 2.05) is 13.8 Å². The van der Waals surface area contributed by atoms with Gasteiger partial charge in [-0.15, -0.1) is 0 Å². The molecule has 1 N–H and O–H groups in total. The van der Waals surface area contributed by atoms with Gasteiger partial charge in [-0.25, -0.2) is 0 Å². The summed E-state index contributed by atoms with van der Waals surface area (Å²) in [7, 11) is 0. The second-order valence-corrected chi connectivity index (χ2v) is 4.11. The molecule has 0 aromatic carbocycles. The molecule has 3 nitrogen and oxygen atoms in total. The van der Waals surface area contributed by atoms with Crippen molar-refractivity contribution < 1.29 is 9.47 Å². The smallest absolute Gasteiger partial charge is 0.158 e. The minimum absolute atomic E-state index is 0.0200. The molecular weight excluding hydrogens is 190 g/mol. The van der Waals surface area contributed by atoms with Crippen LogP contribution in [0.25, 0.3) is 0 Å². The van der Waals surface area contributed by atoms with E-state index in [9.17, 15) is 0 Å². The highest BCUT2D eigenvalue weighted by atomic mass is 16.7. The molecule has 0 spiro atoms. The zero-order chi connectivity index (χ0) is 10.9.